The van der Waals surface area contributed by atoms with Gasteiger partial charge in [-0.15, -0.1) is 0 Å². The van der Waals surface area contributed by atoms with Gasteiger partial charge in [-0.2, -0.15) is 0 Å². The second kappa shape index (κ2) is 7.63. The average molecular weight is 286 g/mol. The van der Waals surface area contributed by atoms with Gasteiger partial charge in [0.15, 0.2) is 0 Å². The van der Waals surface area contributed by atoms with Crippen molar-refractivity contribution in [3.63, 3.8) is 0 Å². The van der Waals surface area contributed by atoms with E-state index in [0.29, 0.717) is 6.04 Å². The summed E-state index contributed by atoms with van der Waals surface area (Å²) < 4.78 is 0. The molecule has 1 saturated carbocycles. The molecule has 2 heteroatoms. The minimum atomic E-state index is 0.578. The molecule has 21 heavy (non-hydrogen) atoms. The lowest BCUT2D eigenvalue weighted by molar-refractivity contribution is 0.395. The van der Waals surface area contributed by atoms with Crippen LogP contribution in [-0.4, -0.2) is 12.3 Å². The van der Waals surface area contributed by atoms with Gasteiger partial charge in [0, 0.05) is 17.8 Å². The third-order valence-electron chi connectivity index (χ3n) is 4.66. The highest BCUT2D eigenvalue weighted by Gasteiger charge is 2.21. The van der Waals surface area contributed by atoms with E-state index in [9.17, 15) is 0 Å². The topological polar surface area (TPSA) is 24.4 Å². The van der Waals surface area contributed by atoms with Crippen LogP contribution in [0.3, 0.4) is 0 Å². The van der Waals surface area contributed by atoms with Crippen molar-refractivity contribution in [2.45, 2.75) is 78.2 Å². The fourth-order valence-electron chi connectivity index (χ4n) is 3.58. The first-order valence-corrected chi connectivity index (χ1v) is 8.47. The van der Waals surface area contributed by atoms with Gasteiger partial charge in [0.25, 0.3) is 0 Å². The molecule has 0 radical (unpaired) electrons. The Hall–Kier alpha value is -1.31. The molecule has 0 aromatic rings. The summed E-state index contributed by atoms with van der Waals surface area (Å²) in [5, 5.41) is 3.72. The SMILES string of the molecule is C=C(C)/C(C1=C(C)CCC1)=C(\N=CC)NC1CCCCC1. The van der Waals surface area contributed by atoms with E-state index in [0.717, 1.165) is 11.4 Å². The monoisotopic (exact) mass is 286 g/mol. The first-order chi connectivity index (χ1) is 10.1. The van der Waals surface area contributed by atoms with Gasteiger partial charge in [-0.25, -0.2) is 4.99 Å². The molecule has 116 valence electrons. The van der Waals surface area contributed by atoms with Crippen molar-refractivity contribution in [3.8, 4) is 0 Å². The van der Waals surface area contributed by atoms with Crippen molar-refractivity contribution >= 4 is 6.21 Å². The summed E-state index contributed by atoms with van der Waals surface area (Å²) in [5.74, 6) is 1.05. The van der Waals surface area contributed by atoms with Gasteiger partial charge in [0.05, 0.1) is 0 Å². The number of aliphatic imine (C=N–C) groups is 1. The number of hydrogen-bond acceptors (Lipinski definition) is 2. The predicted molar refractivity (Wildman–Crippen MR) is 92.6 cm³/mol. The van der Waals surface area contributed by atoms with Crippen LogP contribution in [0.25, 0.3) is 0 Å². The van der Waals surface area contributed by atoms with Crippen LogP contribution >= 0.6 is 0 Å². The van der Waals surface area contributed by atoms with Gasteiger partial charge in [0.2, 0.25) is 0 Å². The number of rotatable bonds is 5. The fourth-order valence-corrected chi connectivity index (χ4v) is 3.58. The van der Waals surface area contributed by atoms with Crippen LogP contribution in [0.4, 0.5) is 0 Å². The lowest BCUT2D eigenvalue weighted by Gasteiger charge is -2.26. The predicted octanol–water partition coefficient (Wildman–Crippen LogP) is 5.29. The summed E-state index contributed by atoms with van der Waals surface area (Å²) >= 11 is 0. The van der Waals surface area contributed by atoms with E-state index in [2.05, 4.69) is 30.7 Å². The minimum absolute atomic E-state index is 0.578. The molecule has 0 aliphatic heterocycles. The molecule has 2 nitrogen and oxygen atoms in total. The third kappa shape index (κ3) is 4.09. The molecule has 0 heterocycles. The van der Waals surface area contributed by atoms with Crippen LogP contribution in [0.2, 0.25) is 0 Å². The molecule has 2 aliphatic carbocycles. The zero-order valence-corrected chi connectivity index (χ0v) is 14.0. The largest absolute Gasteiger partial charge is 0.367 e. The molecule has 0 atom stereocenters. The lowest BCUT2D eigenvalue weighted by Crippen LogP contribution is -2.31. The Morgan fingerprint density at radius 3 is 2.43 bits per heavy atom. The number of nitrogens with one attached hydrogen (secondary N) is 1. The van der Waals surface area contributed by atoms with Gasteiger partial charge in [0.1, 0.15) is 5.82 Å². The third-order valence-corrected chi connectivity index (χ3v) is 4.66. The Balaban J connectivity index is 2.33. The lowest BCUT2D eigenvalue weighted by atomic mass is 9.93. The molecule has 0 amide bonds. The maximum absolute atomic E-state index is 4.67. The molecule has 0 saturated heterocycles. The van der Waals surface area contributed by atoms with E-state index in [-0.39, 0.29) is 0 Å². The summed E-state index contributed by atoms with van der Waals surface area (Å²) in [4.78, 5) is 4.67. The van der Waals surface area contributed by atoms with Crippen LogP contribution in [0.5, 0.6) is 0 Å². The Morgan fingerprint density at radius 1 is 1.19 bits per heavy atom. The molecule has 2 aliphatic rings. The molecule has 0 spiro atoms. The number of nitrogens with zero attached hydrogens (tertiary/aromatic N) is 1. The van der Waals surface area contributed by atoms with Crippen LogP contribution in [0, 0.1) is 0 Å². The Labute approximate surface area is 130 Å². The maximum Gasteiger partial charge on any atom is 0.133 e. The second-order valence-corrected chi connectivity index (χ2v) is 6.48. The second-order valence-electron chi connectivity index (χ2n) is 6.48. The highest BCUT2D eigenvalue weighted by atomic mass is 15.1. The van der Waals surface area contributed by atoms with Crippen molar-refractivity contribution in [2.24, 2.45) is 4.99 Å². The fraction of sp³-hybridized carbons (Fsp3) is 0.632. The van der Waals surface area contributed by atoms with Crippen molar-refractivity contribution < 1.29 is 0 Å². The van der Waals surface area contributed by atoms with Gasteiger partial charge < -0.3 is 5.32 Å². The molecule has 1 N–H and O–H groups in total. The molecule has 2 rings (SSSR count). The van der Waals surface area contributed by atoms with Gasteiger partial charge in [-0.1, -0.05) is 31.4 Å². The van der Waals surface area contributed by atoms with Crippen LogP contribution < -0.4 is 5.32 Å². The molecule has 0 aromatic carbocycles. The highest BCUT2D eigenvalue weighted by Crippen LogP contribution is 2.35. The summed E-state index contributed by atoms with van der Waals surface area (Å²) in [6.07, 6.45) is 12.2. The van der Waals surface area contributed by atoms with Crippen LogP contribution in [0.15, 0.2) is 39.7 Å². The van der Waals surface area contributed by atoms with Crippen molar-refractivity contribution in [3.05, 3.63) is 34.7 Å². The summed E-state index contributed by atoms with van der Waals surface area (Å²) in [7, 11) is 0. The van der Waals surface area contributed by atoms with Crippen LogP contribution in [-0.2, 0) is 0 Å². The standard InChI is InChI=1S/C19H30N2/c1-5-20-19(21-16-11-7-6-8-12-16)18(14(2)3)17-13-9-10-15(17)4/h5,16,21H,2,6-13H2,1,3-4H3/b19-18-,20-5?. The van der Waals surface area contributed by atoms with Crippen molar-refractivity contribution in [1.82, 2.24) is 5.32 Å². The smallest absolute Gasteiger partial charge is 0.133 e. The molecule has 0 bridgehead atoms. The highest BCUT2D eigenvalue weighted by molar-refractivity contribution is 5.58. The first kappa shape index (κ1) is 16.1. The van der Waals surface area contributed by atoms with Crippen molar-refractivity contribution in [1.29, 1.82) is 0 Å². The Morgan fingerprint density at radius 2 is 1.90 bits per heavy atom. The number of allylic oxidation sites excluding steroid dienone is 4. The Bertz CT molecular complexity index is 474. The number of hydrogen-bond donors (Lipinski definition) is 1. The summed E-state index contributed by atoms with van der Waals surface area (Å²) in [5.41, 5.74) is 5.40. The van der Waals surface area contributed by atoms with E-state index >= 15 is 0 Å². The molecular formula is C19H30N2. The zero-order valence-electron chi connectivity index (χ0n) is 14.0. The van der Waals surface area contributed by atoms with Crippen LogP contribution in [0.1, 0.15) is 72.1 Å². The van der Waals surface area contributed by atoms with Gasteiger partial charge >= 0.3 is 0 Å². The summed E-state index contributed by atoms with van der Waals surface area (Å²) in [6.45, 7) is 10.6. The van der Waals surface area contributed by atoms with E-state index < -0.39 is 0 Å². The normalized spacial score (nSPS) is 21.9. The zero-order chi connectivity index (χ0) is 15.2. The van der Waals surface area contributed by atoms with E-state index in [4.69, 9.17) is 0 Å². The first-order valence-electron chi connectivity index (χ1n) is 8.47. The Kier molecular flexibility index (Phi) is 5.84. The van der Waals surface area contributed by atoms with Gasteiger partial charge in [-0.3, -0.25) is 0 Å². The maximum atomic E-state index is 4.67. The molecule has 0 unspecified atom stereocenters. The van der Waals surface area contributed by atoms with E-state index in [1.807, 2.05) is 13.1 Å². The molecular weight excluding hydrogens is 256 g/mol. The van der Waals surface area contributed by atoms with Crippen molar-refractivity contribution in [2.75, 3.05) is 0 Å². The quantitative estimate of drug-likeness (QED) is 0.539. The van der Waals surface area contributed by atoms with E-state index in [1.54, 1.807) is 0 Å². The minimum Gasteiger partial charge on any atom is -0.367 e. The molecule has 1 fully saturated rings. The van der Waals surface area contributed by atoms with E-state index in [1.165, 1.54) is 68.1 Å². The summed E-state index contributed by atoms with van der Waals surface area (Å²) in [6, 6.07) is 0.578. The molecule has 0 aromatic heterocycles. The van der Waals surface area contributed by atoms with Gasteiger partial charge in [-0.05, 0) is 64.0 Å². The average Bonchev–Trinajstić information content (AvgIpc) is 2.86.